The molecule has 0 saturated heterocycles. The van der Waals surface area contributed by atoms with E-state index < -0.39 is 0 Å². The van der Waals surface area contributed by atoms with E-state index in [0.29, 0.717) is 22.7 Å². The summed E-state index contributed by atoms with van der Waals surface area (Å²) in [6, 6.07) is 0. The molecule has 4 aliphatic rings. The maximum Gasteiger partial charge on any atom is 0.0613 e. The second kappa shape index (κ2) is 7.75. The van der Waals surface area contributed by atoms with Crippen molar-refractivity contribution < 1.29 is 5.11 Å². The van der Waals surface area contributed by atoms with Crippen molar-refractivity contribution >= 4 is 0 Å². The number of hydrogen-bond donors (Lipinski definition) is 1. The quantitative estimate of drug-likeness (QED) is 0.484. The van der Waals surface area contributed by atoms with Crippen LogP contribution in [0.4, 0.5) is 0 Å². The Kier molecular flexibility index (Phi) is 5.80. The van der Waals surface area contributed by atoms with Crippen molar-refractivity contribution in [3.63, 3.8) is 0 Å². The van der Waals surface area contributed by atoms with E-state index in [9.17, 15) is 5.11 Å². The average Bonchev–Trinajstić information content (AvgIpc) is 2.92. The third-order valence-electron chi connectivity index (χ3n) is 10.1. The molecule has 0 radical (unpaired) electrons. The molecule has 2 fully saturated rings. The Morgan fingerprint density at radius 1 is 1.00 bits per heavy atom. The number of fused-ring (bicyclic) bond motifs is 4. The van der Waals surface area contributed by atoms with E-state index in [-0.39, 0.29) is 6.10 Å². The van der Waals surface area contributed by atoms with Crippen molar-refractivity contribution in [1.29, 1.82) is 0 Å². The van der Waals surface area contributed by atoms with Gasteiger partial charge < -0.3 is 5.11 Å². The summed E-state index contributed by atoms with van der Waals surface area (Å²) in [6.45, 7) is 12.4. The van der Waals surface area contributed by atoms with E-state index in [1.54, 1.807) is 5.57 Å². The van der Waals surface area contributed by atoms with Gasteiger partial charge in [-0.25, -0.2) is 0 Å². The normalized spacial score (nSPS) is 44.2. The first kappa shape index (κ1) is 21.0. The lowest BCUT2D eigenvalue weighted by molar-refractivity contribution is 0.0439. The SMILES string of the molecule is CC(C)CCC[C@@H](C)[C@H]1CC(O)[C@H]2C3=C(CC[C@@]21C)[C@@]1(C)CCCCC1CC3. The molecule has 2 saturated carbocycles. The Morgan fingerprint density at radius 2 is 1.79 bits per heavy atom. The summed E-state index contributed by atoms with van der Waals surface area (Å²) in [7, 11) is 0. The summed E-state index contributed by atoms with van der Waals surface area (Å²) in [4.78, 5) is 0. The second-order valence-corrected chi connectivity index (χ2v) is 12.1. The molecule has 0 aliphatic heterocycles. The average molecular weight is 387 g/mol. The van der Waals surface area contributed by atoms with Crippen molar-refractivity contribution in [3.8, 4) is 0 Å². The smallest absolute Gasteiger partial charge is 0.0613 e. The van der Waals surface area contributed by atoms with E-state index in [1.807, 2.05) is 5.57 Å². The zero-order valence-corrected chi connectivity index (χ0v) is 19.4. The van der Waals surface area contributed by atoms with Gasteiger partial charge in [0.25, 0.3) is 0 Å². The minimum Gasteiger partial charge on any atom is -0.392 e. The fourth-order valence-electron chi connectivity index (χ4n) is 8.54. The molecule has 0 heterocycles. The predicted molar refractivity (Wildman–Crippen MR) is 119 cm³/mol. The summed E-state index contributed by atoms with van der Waals surface area (Å²) in [5, 5.41) is 11.3. The number of hydrogen-bond acceptors (Lipinski definition) is 1. The molecule has 1 N–H and O–H groups in total. The molecule has 0 amide bonds. The highest BCUT2D eigenvalue weighted by molar-refractivity contribution is 5.35. The zero-order chi connectivity index (χ0) is 20.1. The van der Waals surface area contributed by atoms with Crippen LogP contribution in [0.5, 0.6) is 0 Å². The molecule has 0 aromatic heterocycles. The van der Waals surface area contributed by atoms with Gasteiger partial charge in [0.15, 0.2) is 0 Å². The number of allylic oxidation sites excluding steroid dienone is 1. The fourth-order valence-corrected chi connectivity index (χ4v) is 8.54. The molecule has 0 aromatic rings. The lowest BCUT2D eigenvalue weighted by Gasteiger charge is -2.54. The highest BCUT2D eigenvalue weighted by atomic mass is 16.3. The van der Waals surface area contributed by atoms with Crippen LogP contribution < -0.4 is 0 Å². The van der Waals surface area contributed by atoms with Gasteiger partial charge in [0.2, 0.25) is 0 Å². The molecule has 7 atom stereocenters. The molecule has 0 spiro atoms. The largest absolute Gasteiger partial charge is 0.392 e. The van der Waals surface area contributed by atoms with E-state index in [2.05, 4.69) is 34.6 Å². The van der Waals surface area contributed by atoms with Crippen LogP contribution in [-0.2, 0) is 0 Å². The van der Waals surface area contributed by atoms with E-state index >= 15 is 0 Å². The predicted octanol–water partition coefficient (Wildman–Crippen LogP) is 7.53. The fraction of sp³-hybridized carbons (Fsp3) is 0.926. The monoisotopic (exact) mass is 386 g/mol. The van der Waals surface area contributed by atoms with Crippen molar-refractivity contribution in [2.24, 2.45) is 40.4 Å². The highest BCUT2D eigenvalue weighted by Gasteiger charge is 2.58. The molecule has 1 nitrogen and oxygen atoms in total. The first-order valence-electron chi connectivity index (χ1n) is 12.7. The van der Waals surface area contributed by atoms with Crippen LogP contribution >= 0.6 is 0 Å². The van der Waals surface area contributed by atoms with Gasteiger partial charge in [-0.2, -0.15) is 0 Å². The van der Waals surface area contributed by atoms with Gasteiger partial charge in [-0.1, -0.05) is 77.9 Å². The van der Waals surface area contributed by atoms with Gasteiger partial charge in [0.05, 0.1) is 6.10 Å². The van der Waals surface area contributed by atoms with Gasteiger partial charge in [-0.3, -0.25) is 0 Å². The Morgan fingerprint density at radius 3 is 2.54 bits per heavy atom. The van der Waals surface area contributed by atoms with Gasteiger partial charge in [-0.15, -0.1) is 0 Å². The molecule has 0 bridgehead atoms. The van der Waals surface area contributed by atoms with Gasteiger partial charge in [0, 0.05) is 5.92 Å². The zero-order valence-electron chi connectivity index (χ0n) is 19.4. The highest BCUT2D eigenvalue weighted by Crippen LogP contribution is 2.66. The van der Waals surface area contributed by atoms with Crippen LogP contribution in [-0.4, -0.2) is 11.2 Å². The molecule has 0 aromatic carbocycles. The lowest BCUT2D eigenvalue weighted by Crippen LogP contribution is -2.45. The van der Waals surface area contributed by atoms with Crippen molar-refractivity contribution in [2.75, 3.05) is 0 Å². The molecule has 28 heavy (non-hydrogen) atoms. The first-order chi connectivity index (χ1) is 13.3. The van der Waals surface area contributed by atoms with Crippen LogP contribution in [0, 0.1) is 40.4 Å². The lowest BCUT2D eigenvalue weighted by atomic mass is 9.50. The minimum atomic E-state index is -0.0865. The van der Waals surface area contributed by atoms with Crippen molar-refractivity contribution in [3.05, 3.63) is 11.1 Å². The number of aliphatic hydroxyl groups is 1. The molecule has 160 valence electrons. The van der Waals surface area contributed by atoms with Crippen molar-refractivity contribution in [2.45, 2.75) is 118 Å². The van der Waals surface area contributed by atoms with Crippen LogP contribution in [0.25, 0.3) is 0 Å². The maximum atomic E-state index is 11.3. The summed E-state index contributed by atoms with van der Waals surface area (Å²) in [5.74, 6) is 3.68. The van der Waals surface area contributed by atoms with Crippen LogP contribution in [0.1, 0.15) is 112 Å². The molecule has 4 aliphatic carbocycles. The Balaban J connectivity index is 1.57. The van der Waals surface area contributed by atoms with Gasteiger partial charge in [0.1, 0.15) is 0 Å². The summed E-state index contributed by atoms with van der Waals surface area (Å²) < 4.78 is 0. The second-order valence-electron chi connectivity index (χ2n) is 12.1. The van der Waals surface area contributed by atoms with E-state index in [4.69, 9.17) is 0 Å². The third-order valence-corrected chi connectivity index (χ3v) is 10.1. The molecule has 1 heteroatoms. The van der Waals surface area contributed by atoms with Crippen LogP contribution in [0.3, 0.4) is 0 Å². The van der Waals surface area contributed by atoms with Gasteiger partial charge >= 0.3 is 0 Å². The van der Waals surface area contributed by atoms with Crippen LogP contribution in [0.2, 0.25) is 0 Å². The molecular formula is C27H46O. The standard InChI is InChI=1S/C27H46O/c1-18(2)9-8-10-19(3)23-17-24(28)25-21-13-12-20-11-6-7-15-26(20,4)22(21)14-16-27(23,25)5/h18-20,23-25,28H,6-17H2,1-5H3/t19-,20?,23-,24?,25-,26+,27-/m1/s1. The topological polar surface area (TPSA) is 20.2 Å². The Bertz CT molecular complexity index is 603. The molecular weight excluding hydrogens is 340 g/mol. The molecule has 4 rings (SSSR count). The Hall–Kier alpha value is -0.300. The summed E-state index contributed by atoms with van der Waals surface area (Å²) in [5.41, 5.74) is 4.39. The molecule has 2 unspecified atom stereocenters. The maximum absolute atomic E-state index is 11.3. The first-order valence-corrected chi connectivity index (χ1v) is 12.7. The van der Waals surface area contributed by atoms with E-state index in [0.717, 1.165) is 24.2 Å². The van der Waals surface area contributed by atoms with E-state index in [1.165, 1.54) is 70.6 Å². The van der Waals surface area contributed by atoms with Crippen LogP contribution in [0.15, 0.2) is 11.1 Å². The number of aliphatic hydroxyl groups excluding tert-OH is 1. The Labute approximate surface area is 174 Å². The minimum absolute atomic E-state index is 0.0865. The summed E-state index contributed by atoms with van der Waals surface area (Å²) in [6.07, 6.45) is 16.1. The number of rotatable bonds is 5. The third kappa shape index (κ3) is 3.32. The van der Waals surface area contributed by atoms with Crippen molar-refractivity contribution in [1.82, 2.24) is 0 Å². The van der Waals surface area contributed by atoms with Gasteiger partial charge in [-0.05, 0) is 79.4 Å². The summed E-state index contributed by atoms with van der Waals surface area (Å²) >= 11 is 0.